The number of hydrogen-bond acceptors (Lipinski definition) is 3. The van der Waals surface area contributed by atoms with Gasteiger partial charge in [-0.3, -0.25) is 9.48 Å². The molecule has 0 amide bonds. The van der Waals surface area contributed by atoms with E-state index in [1.54, 1.807) is 18.0 Å². The van der Waals surface area contributed by atoms with Crippen molar-refractivity contribution in [1.82, 2.24) is 9.78 Å². The van der Waals surface area contributed by atoms with Crippen LogP contribution in [-0.2, 0) is 6.54 Å². The number of benzene rings is 1. The van der Waals surface area contributed by atoms with Crippen LogP contribution in [0.5, 0.6) is 5.75 Å². The van der Waals surface area contributed by atoms with Gasteiger partial charge in [-0.2, -0.15) is 5.10 Å². The number of hydrogen-bond donors (Lipinski definition) is 0. The van der Waals surface area contributed by atoms with E-state index in [4.69, 9.17) is 16.3 Å². The zero-order chi connectivity index (χ0) is 12.3. The van der Waals surface area contributed by atoms with Crippen molar-refractivity contribution in [3.05, 3.63) is 47.8 Å². The van der Waals surface area contributed by atoms with Gasteiger partial charge >= 0.3 is 0 Å². The molecular weight excluding hydrogens is 240 g/mol. The number of methoxy groups -OCH3 is 1. The molecule has 1 aromatic carbocycles. The highest BCUT2D eigenvalue weighted by Crippen LogP contribution is 2.12. The van der Waals surface area contributed by atoms with Crippen LogP contribution >= 0.6 is 11.6 Å². The fourth-order valence-electron chi connectivity index (χ4n) is 1.47. The standard InChI is InChI=1S/C12H11ClN2O2/c1-17-11-4-2-9(3-5-11)7-15-8-10(6-14-15)12(13)16/h2-6,8H,7H2,1H3. The van der Waals surface area contributed by atoms with Gasteiger partial charge in [-0.15, -0.1) is 0 Å². The second-order valence-electron chi connectivity index (χ2n) is 3.55. The van der Waals surface area contributed by atoms with E-state index in [9.17, 15) is 4.79 Å². The van der Waals surface area contributed by atoms with Gasteiger partial charge in [-0.25, -0.2) is 0 Å². The highest BCUT2D eigenvalue weighted by Gasteiger charge is 2.05. The van der Waals surface area contributed by atoms with E-state index >= 15 is 0 Å². The third-order valence-corrected chi connectivity index (χ3v) is 2.58. The summed E-state index contributed by atoms with van der Waals surface area (Å²) in [5.41, 5.74) is 1.47. The van der Waals surface area contributed by atoms with Crippen molar-refractivity contribution >= 4 is 16.8 Å². The van der Waals surface area contributed by atoms with Gasteiger partial charge in [0.1, 0.15) is 5.75 Å². The summed E-state index contributed by atoms with van der Waals surface area (Å²) in [6.07, 6.45) is 3.08. The summed E-state index contributed by atoms with van der Waals surface area (Å²) < 4.78 is 6.73. The maximum absolute atomic E-state index is 10.9. The second kappa shape index (κ2) is 5.01. The lowest BCUT2D eigenvalue weighted by atomic mass is 10.2. The average Bonchev–Trinajstić information content (AvgIpc) is 2.79. The topological polar surface area (TPSA) is 44.1 Å². The Balaban J connectivity index is 2.11. The number of aromatic nitrogens is 2. The summed E-state index contributed by atoms with van der Waals surface area (Å²) in [5.74, 6) is 0.811. The van der Waals surface area contributed by atoms with E-state index in [0.29, 0.717) is 12.1 Å². The Labute approximate surface area is 104 Å². The summed E-state index contributed by atoms with van der Waals surface area (Å²) in [6, 6.07) is 7.66. The molecule has 0 aliphatic carbocycles. The smallest absolute Gasteiger partial charge is 0.255 e. The van der Waals surface area contributed by atoms with E-state index < -0.39 is 5.24 Å². The van der Waals surface area contributed by atoms with Crippen molar-refractivity contribution in [2.45, 2.75) is 6.54 Å². The summed E-state index contributed by atoms with van der Waals surface area (Å²) in [4.78, 5) is 10.9. The lowest BCUT2D eigenvalue weighted by Gasteiger charge is -2.03. The Kier molecular flexibility index (Phi) is 3.44. The highest BCUT2D eigenvalue weighted by atomic mass is 35.5. The molecule has 0 saturated carbocycles. The molecule has 1 heterocycles. The predicted octanol–water partition coefficient (Wildman–Crippen LogP) is 2.32. The van der Waals surface area contributed by atoms with Crippen LogP contribution in [0, 0.1) is 0 Å². The SMILES string of the molecule is COc1ccc(Cn2cc(C(=O)Cl)cn2)cc1. The predicted molar refractivity (Wildman–Crippen MR) is 64.5 cm³/mol. The van der Waals surface area contributed by atoms with Gasteiger partial charge in [0.15, 0.2) is 0 Å². The number of carbonyl (C=O) groups excluding carboxylic acids is 1. The maximum Gasteiger partial charge on any atom is 0.255 e. The summed E-state index contributed by atoms with van der Waals surface area (Å²) in [6.45, 7) is 0.591. The molecule has 0 fully saturated rings. The Hall–Kier alpha value is -1.81. The van der Waals surface area contributed by atoms with Crippen LogP contribution in [0.4, 0.5) is 0 Å². The Morgan fingerprint density at radius 1 is 1.41 bits per heavy atom. The molecule has 2 rings (SSSR count). The molecule has 4 nitrogen and oxygen atoms in total. The number of nitrogens with zero attached hydrogens (tertiary/aromatic N) is 2. The molecule has 0 bridgehead atoms. The molecule has 0 saturated heterocycles. The zero-order valence-electron chi connectivity index (χ0n) is 9.26. The third kappa shape index (κ3) is 2.85. The number of halogens is 1. The molecule has 0 N–H and O–H groups in total. The first-order valence-electron chi connectivity index (χ1n) is 5.04. The second-order valence-corrected chi connectivity index (χ2v) is 3.89. The van der Waals surface area contributed by atoms with Gasteiger partial charge in [0.25, 0.3) is 5.24 Å². The molecule has 0 aliphatic heterocycles. The first kappa shape index (κ1) is 11.7. The van der Waals surface area contributed by atoms with Gasteiger partial charge in [0, 0.05) is 6.20 Å². The summed E-state index contributed by atoms with van der Waals surface area (Å²) >= 11 is 5.35. The zero-order valence-corrected chi connectivity index (χ0v) is 10.0. The maximum atomic E-state index is 10.9. The quantitative estimate of drug-likeness (QED) is 0.783. The van der Waals surface area contributed by atoms with Crippen LogP contribution in [0.25, 0.3) is 0 Å². The van der Waals surface area contributed by atoms with Gasteiger partial charge < -0.3 is 4.74 Å². The highest BCUT2D eigenvalue weighted by molar-refractivity contribution is 6.67. The van der Waals surface area contributed by atoms with Crippen LogP contribution in [0.15, 0.2) is 36.7 Å². The molecule has 0 aliphatic rings. The summed E-state index contributed by atoms with van der Waals surface area (Å²) in [5, 5.41) is 3.56. The van der Waals surface area contributed by atoms with Crippen LogP contribution in [-0.4, -0.2) is 22.1 Å². The molecule has 0 spiro atoms. The lowest BCUT2D eigenvalue weighted by Crippen LogP contribution is -1.99. The van der Waals surface area contributed by atoms with Crippen molar-refractivity contribution in [3.63, 3.8) is 0 Å². The minimum absolute atomic E-state index is 0.403. The molecule has 0 unspecified atom stereocenters. The van der Waals surface area contributed by atoms with Gasteiger partial charge in [0.2, 0.25) is 0 Å². The molecule has 17 heavy (non-hydrogen) atoms. The monoisotopic (exact) mass is 250 g/mol. The van der Waals surface area contributed by atoms with E-state index in [1.807, 2.05) is 24.3 Å². The third-order valence-electron chi connectivity index (χ3n) is 2.36. The lowest BCUT2D eigenvalue weighted by molar-refractivity contribution is 0.108. The van der Waals surface area contributed by atoms with Gasteiger partial charge in [-0.1, -0.05) is 12.1 Å². The molecule has 1 aromatic heterocycles. The molecule has 0 atom stereocenters. The van der Waals surface area contributed by atoms with Crippen molar-refractivity contribution < 1.29 is 9.53 Å². The number of carbonyl (C=O) groups is 1. The van der Waals surface area contributed by atoms with Crippen LogP contribution in [0.2, 0.25) is 0 Å². The molecule has 5 heteroatoms. The number of ether oxygens (including phenoxy) is 1. The van der Waals surface area contributed by atoms with Crippen LogP contribution in [0.1, 0.15) is 15.9 Å². The summed E-state index contributed by atoms with van der Waals surface area (Å²) in [7, 11) is 1.63. The van der Waals surface area contributed by atoms with E-state index in [0.717, 1.165) is 11.3 Å². The normalized spacial score (nSPS) is 10.2. The minimum Gasteiger partial charge on any atom is -0.497 e. The van der Waals surface area contributed by atoms with Crippen LogP contribution in [0.3, 0.4) is 0 Å². The fraction of sp³-hybridized carbons (Fsp3) is 0.167. The minimum atomic E-state index is -0.494. The van der Waals surface area contributed by atoms with Gasteiger partial charge in [-0.05, 0) is 29.3 Å². The largest absolute Gasteiger partial charge is 0.497 e. The average molecular weight is 251 g/mol. The van der Waals surface area contributed by atoms with E-state index in [2.05, 4.69) is 5.10 Å². The van der Waals surface area contributed by atoms with Crippen molar-refractivity contribution in [3.8, 4) is 5.75 Å². The molecular formula is C12H11ClN2O2. The van der Waals surface area contributed by atoms with E-state index in [-0.39, 0.29) is 0 Å². The Morgan fingerprint density at radius 2 is 2.12 bits per heavy atom. The molecule has 0 radical (unpaired) electrons. The fourth-order valence-corrected chi connectivity index (χ4v) is 1.57. The molecule has 2 aromatic rings. The Morgan fingerprint density at radius 3 is 2.65 bits per heavy atom. The Bertz CT molecular complexity index is 520. The molecule has 88 valence electrons. The number of rotatable bonds is 4. The first-order chi connectivity index (χ1) is 8.19. The van der Waals surface area contributed by atoms with E-state index in [1.165, 1.54) is 6.20 Å². The van der Waals surface area contributed by atoms with Crippen molar-refractivity contribution in [2.75, 3.05) is 7.11 Å². The van der Waals surface area contributed by atoms with Gasteiger partial charge in [0.05, 0.1) is 25.4 Å². The van der Waals surface area contributed by atoms with Crippen molar-refractivity contribution in [2.24, 2.45) is 0 Å². The first-order valence-corrected chi connectivity index (χ1v) is 5.42. The van der Waals surface area contributed by atoms with Crippen molar-refractivity contribution in [1.29, 1.82) is 0 Å². The van der Waals surface area contributed by atoms with Crippen LogP contribution < -0.4 is 4.74 Å².